The van der Waals surface area contributed by atoms with Gasteiger partial charge in [-0.25, -0.2) is 0 Å². The van der Waals surface area contributed by atoms with Gasteiger partial charge in [0.15, 0.2) is 0 Å². The monoisotopic (exact) mass is 456 g/mol. The maximum absolute atomic E-state index is 12.9. The van der Waals surface area contributed by atoms with Crippen molar-refractivity contribution in [2.24, 2.45) is 0 Å². The van der Waals surface area contributed by atoms with Crippen LogP contribution in [0.25, 0.3) is 0 Å². The van der Waals surface area contributed by atoms with E-state index in [1.807, 2.05) is 60.4 Å². The van der Waals surface area contributed by atoms with E-state index in [0.29, 0.717) is 38.4 Å². The number of amides is 1. The summed E-state index contributed by atoms with van der Waals surface area (Å²) < 4.78 is 0. The second kappa shape index (κ2) is 9.17. The van der Waals surface area contributed by atoms with Gasteiger partial charge in [-0.15, -0.1) is 0 Å². The normalized spacial score (nSPS) is 15.7. The van der Waals surface area contributed by atoms with Crippen LogP contribution in [-0.2, 0) is 13.0 Å². The first-order valence-corrected chi connectivity index (χ1v) is 11.7. The van der Waals surface area contributed by atoms with E-state index < -0.39 is 0 Å². The minimum atomic E-state index is -0.294. The number of benzene rings is 3. The molecule has 0 unspecified atom stereocenters. The standard InChI is InChI=1S/C27H28N4O3/c1-20-5-4-8-22(17-20)27(32)29-15-13-28(14-16-29)24-9-10-25(31(33)34)26(18-24)30-12-11-21-6-2-3-7-23(21)19-30/h2-10,17-18H,11-16,19H2,1H3. The lowest BCUT2D eigenvalue weighted by atomic mass is 9.99. The fourth-order valence-corrected chi connectivity index (χ4v) is 4.95. The number of hydrogen-bond donors (Lipinski definition) is 0. The van der Waals surface area contributed by atoms with Gasteiger partial charge < -0.3 is 14.7 Å². The lowest BCUT2D eigenvalue weighted by molar-refractivity contribution is -0.384. The molecule has 7 nitrogen and oxygen atoms in total. The number of carbonyl (C=O) groups is 1. The van der Waals surface area contributed by atoms with Crippen LogP contribution in [-0.4, -0.2) is 48.5 Å². The average Bonchev–Trinajstić information content (AvgIpc) is 2.87. The van der Waals surface area contributed by atoms with Gasteiger partial charge in [-0.3, -0.25) is 14.9 Å². The van der Waals surface area contributed by atoms with Gasteiger partial charge in [0.25, 0.3) is 11.6 Å². The molecule has 174 valence electrons. The maximum Gasteiger partial charge on any atom is 0.292 e. The van der Waals surface area contributed by atoms with E-state index in [0.717, 1.165) is 29.8 Å². The van der Waals surface area contributed by atoms with Gasteiger partial charge in [-0.05, 0) is 48.7 Å². The van der Waals surface area contributed by atoms with Crippen molar-refractivity contribution in [1.29, 1.82) is 0 Å². The molecule has 7 heteroatoms. The number of hydrogen-bond acceptors (Lipinski definition) is 5. The molecule has 1 amide bonds. The van der Waals surface area contributed by atoms with Crippen molar-refractivity contribution >= 4 is 23.0 Å². The van der Waals surface area contributed by atoms with Crippen LogP contribution in [0.15, 0.2) is 66.7 Å². The van der Waals surface area contributed by atoms with Crippen molar-refractivity contribution < 1.29 is 9.72 Å². The third-order valence-electron chi connectivity index (χ3n) is 6.82. The average molecular weight is 457 g/mol. The van der Waals surface area contributed by atoms with Gasteiger partial charge in [0, 0.05) is 56.6 Å². The van der Waals surface area contributed by atoms with Gasteiger partial charge in [0.1, 0.15) is 5.69 Å². The quantitative estimate of drug-likeness (QED) is 0.429. The molecular formula is C27H28N4O3. The van der Waals surface area contributed by atoms with Gasteiger partial charge in [0.2, 0.25) is 0 Å². The molecule has 2 aliphatic heterocycles. The van der Waals surface area contributed by atoms with Gasteiger partial charge in [0.05, 0.1) is 4.92 Å². The maximum atomic E-state index is 12.9. The van der Waals surface area contributed by atoms with Crippen LogP contribution < -0.4 is 9.80 Å². The number of aryl methyl sites for hydroxylation is 1. The van der Waals surface area contributed by atoms with Crippen LogP contribution in [0.2, 0.25) is 0 Å². The topological polar surface area (TPSA) is 69.9 Å². The van der Waals surface area contributed by atoms with Crippen molar-refractivity contribution in [3.63, 3.8) is 0 Å². The second-order valence-electron chi connectivity index (χ2n) is 9.02. The molecule has 2 aliphatic rings. The van der Waals surface area contributed by atoms with E-state index in [4.69, 9.17) is 0 Å². The van der Waals surface area contributed by atoms with Crippen molar-refractivity contribution in [1.82, 2.24) is 4.90 Å². The Morgan fingerprint density at radius 1 is 0.853 bits per heavy atom. The predicted octanol–water partition coefficient (Wildman–Crippen LogP) is 4.43. The number of anilines is 2. The highest BCUT2D eigenvalue weighted by Crippen LogP contribution is 2.35. The molecule has 5 rings (SSSR count). The molecule has 0 N–H and O–H groups in total. The first-order valence-electron chi connectivity index (χ1n) is 11.7. The number of piperazine rings is 1. The molecule has 34 heavy (non-hydrogen) atoms. The Morgan fingerprint density at radius 3 is 2.35 bits per heavy atom. The zero-order valence-electron chi connectivity index (χ0n) is 19.3. The fourth-order valence-electron chi connectivity index (χ4n) is 4.95. The van der Waals surface area contributed by atoms with Crippen LogP contribution in [0.4, 0.5) is 17.1 Å². The summed E-state index contributed by atoms with van der Waals surface area (Å²) in [4.78, 5) is 30.6. The minimum absolute atomic E-state index is 0.0553. The van der Waals surface area contributed by atoms with E-state index in [1.165, 1.54) is 11.1 Å². The molecule has 1 fully saturated rings. The smallest absolute Gasteiger partial charge is 0.292 e. The largest absolute Gasteiger partial charge is 0.368 e. The molecule has 0 saturated carbocycles. The molecule has 2 heterocycles. The van der Waals surface area contributed by atoms with E-state index in [9.17, 15) is 14.9 Å². The van der Waals surface area contributed by atoms with Crippen molar-refractivity contribution in [2.45, 2.75) is 19.9 Å². The molecule has 3 aromatic rings. The Labute approximate surface area is 199 Å². The van der Waals surface area contributed by atoms with E-state index in [2.05, 4.69) is 21.9 Å². The van der Waals surface area contributed by atoms with Crippen LogP contribution >= 0.6 is 0 Å². The number of nitro groups is 1. The van der Waals surface area contributed by atoms with Crippen molar-refractivity contribution in [3.05, 3.63) is 99.1 Å². The summed E-state index contributed by atoms with van der Waals surface area (Å²) in [5.74, 6) is 0.0553. The third kappa shape index (κ3) is 4.33. The molecule has 0 aromatic heterocycles. The van der Waals surface area contributed by atoms with E-state index >= 15 is 0 Å². The molecule has 0 bridgehead atoms. The Bertz CT molecular complexity index is 1230. The SMILES string of the molecule is Cc1cccc(C(=O)N2CCN(c3ccc([N+](=O)[O-])c(N4CCc5ccccc5C4)c3)CC2)c1. The molecule has 3 aromatic carbocycles. The summed E-state index contributed by atoms with van der Waals surface area (Å²) in [5, 5.41) is 11.8. The highest BCUT2D eigenvalue weighted by molar-refractivity contribution is 5.94. The Balaban J connectivity index is 1.33. The highest BCUT2D eigenvalue weighted by Gasteiger charge is 2.27. The van der Waals surface area contributed by atoms with Crippen LogP contribution in [0, 0.1) is 17.0 Å². The minimum Gasteiger partial charge on any atom is -0.368 e. The van der Waals surface area contributed by atoms with E-state index in [1.54, 1.807) is 6.07 Å². The first kappa shape index (κ1) is 21.9. The number of nitro benzene ring substituents is 1. The second-order valence-corrected chi connectivity index (χ2v) is 9.02. The molecular weight excluding hydrogens is 428 g/mol. The lowest BCUT2D eigenvalue weighted by Crippen LogP contribution is -2.48. The summed E-state index contributed by atoms with van der Waals surface area (Å²) in [6.45, 7) is 6.03. The van der Waals surface area contributed by atoms with Crippen LogP contribution in [0.5, 0.6) is 0 Å². The molecule has 0 aliphatic carbocycles. The highest BCUT2D eigenvalue weighted by atomic mass is 16.6. The molecule has 1 saturated heterocycles. The summed E-state index contributed by atoms with van der Waals surface area (Å²) in [6.07, 6.45) is 0.872. The number of fused-ring (bicyclic) bond motifs is 1. The molecule has 0 atom stereocenters. The predicted molar refractivity (Wildman–Crippen MR) is 134 cm³/mol. The summed E-state index contributed by atoms with van der Waals surface area (Å²) >= 11 is 0. The van der Waals surface area contributed by atoms with Crippen LogP contribution in [0.3, 0.4) is 0 Å². The van der Waals surface area contributed by atoms with Crippen molar-refractivity contribution in [2.75, 3.05) is 42.5 Å². The van der Waals surface area contributed by atoms with Gasteiger partial charge in [-0.2, -0.15) is 0 Å². The molecule has 0 radical (unpaired) electrons. The number of nitrogens with zero attached hydrogens (tertiary/aromatic N) is 4. The zero-order chi connectivity index (χ0) is 23.7. The Morgan fingerprint density at radius 2 is 1.62 bits per heavy atom. The fraction of sp³-hybridized carbons (Fsp3) is 0.296. The lowest BCUT2D eigenvalue weighted by Gasteiger charge is -2.37. The zero-order valence-corrected chi connectivity index (χ0v) is 19.3. The van der Waals surface area contributed by atoms with Gasteiger partial charge in [-0.1, -0.05) is 42.0 Å². The summed E-state index contributed by atoms with van der Waals surface area (Å²) in [7, 11) is 0. The Kier molecular flexibility index (Phi) is 5.92. The third-order valence-corrected chi connectivity index (χ3v) is 6.82. The summed E-state index contributed by atoms with van der Waals surface area (Å²) in [5.41, 5.74) is 6.08. The van der Waals surface area contributed by atoms with Gasteiger partial charge >= 0.3 is 0 Å². The number of carbonyl (C=O) groups excluding carboxylic acids is 1. The van der Waals surface area contributed by atoms with Crippen LogP contribution in [0.1, 0.15) is 27.0 Å². The summed E-state index contributed by atoms with van der Waals surface area (Å²) in [6, 6.07) is 21.4. The van der Waals surface area contributed by atoms with E-state index in [-0.39, 0.29) is 16.5 Å². The first-order chi connectivity index (χ1) is 16.5. The molecule has 0 spiro atoms. The number of rotatable bonds is 4. The van der Waals surface area contributed by atoms with Crippen molar-refractivity contribution in [3.8, 4) is 0 Å². The Hall–Kier alpha value is -3.87.